The van der Waals surface area contributed by atoms with E-state index in [4.69, 9.17) is 10.3 Å². The second kappa shape index (κ2) is 4.39. The van der Waals surface area contributed by atoms with Crippen LogP contribution in [0.5, 0.6) is 0 Å². The Bertz CT molecular complexity index is 363. The molecule has 0 fully saturated rings. The van der Waals surface area contributed by atoms with E-state index in [1.807, 2.05) is 0 Å². The van der Waals surface area contributed by atoms with Crippen LogP contribution in [0.15, 0.2) is 29.2 Å². The monoisotopic (exact) mass is 312 g/mol. The van der Waals surface area contributed by atoms with Crippen molar-refractivity contribution >= 4 is 15.8 Å². The van der Waals surface area contributed by atoms with Crippen molar-refractivity contribution in [2.45, 2.75) is 4.90 Å². The van der Waals surface area contributed by atoms with Crippen molar-refractivity contribution in [3.8, 4) is 0 Å². The molecule has 0 bridgehead atoms. The molecule has 4 nitrogen and oxygen atoms in total. The SMILES string of the molecule is Nc1ccccc1S(=O)(=O)O.[La]. The smallest absolute Gasteiger partial charge is 0.296 e. The first-order valence-electron chi connectivity index (χ1n) is 2.84. The number of benzene rings is 1. The topological polar surface area (TPSA) is 80.4 Å². The van der Waals surface area contributed by atoms with Gasteiger partial charge in [0.05, 0.1) is 5.69 Å². The molecule has 1 rings (SSSR count). The predicted octanol–water partition coefficient (Wildman–Crippen LogP) is 0.516. The largest absolute Gasteiger partial charge is 0.398 e. The first-order chi connectivity index (χ1) is 5.02. The van der Waals surface area contributed by atoms with Gasteiger partial charge < -0.3 is 5.73 Å². The van der Waals surface area contributed by atoms with Gasteiger partial charge in [-0.05, 0) is 12.1 Å². The Morgan fingerprint density at radius 2 is 1.75 bits per heavy atom. The number of para-hydroxylation sites is 1. The van der Waals surface area contributed by atoms with Crippen LogP contribution in [0.4, 0.5) is 5.69 Å². The Kier molecular flexibility index (Phi) is 4.43. The number of rotatable bonds is 1. The normalized spacial score (nSPS) is 10.4. The van der Waals surface area contributed by atoms with Crippen molar-refractivity contribution < 1.29 is 48.6 Å². The summed E-state index contributed by atoms with van der Waals surface area (Å²) in [4.78, 5) is -0.250. The number of nitrogen functional groups attached to an aromatic ring is 1. The first-order valence-corrected chi connectivity index (χ1v) is 4.28. The molecule has 12 heavy (non-hydrogen) atoms. The van der Waals surface area contributed by atoms with Gasteiger partial charge in [-0.3, -0.25) is 4.55 Å². The van der Waals surface area contributed by atoms with Crippen molar-refractivity contribution in [2.75, 3.05) is 5.73 Å². The maximum absolute atomic E-state index is 10.5. The van der Waals surface area contributed by atoms with Gasteiger partial charge in [-0.1, -0.05) is 12.1 Å². The first kappa shape index (κ1) is 12.1. The number of hydrogen-bond donors (Lipinski definition) is 2. The van der Waals surface area contributed by atoms with E-state index < -0.39 is 10.1 Å². The van der Waals surface area contributed by atoms with E-state index in [0.717, 1.165) is 0 Å². The van der Waals surface area contributed by atoms with Crippen LogP contribution in [0.2, 0.25) is 0 Å². The third-order valence-corrected chi connectivity index (χ3v) is 2.12. The van der Waals surface area contributed by atoms with Crippen LogP contribution < -0.4 is 5.73 Å². The molecule has 0 heterocycles. The standard InChI is InChI=1S/C6H7NO3S.La/c7-5-3-1-2-4-6(5)11(8,9)10;/h1-4H,7H2,(H,8,9,10);. The fourth-order valence-corrected chi connectivity index (χ4v) is 1.33. The molecule has 0 aromatic heterocycles. The third-order valence-electron chi connectivity index (χ3n) is 1.20. The molecule has 0 aliphatic carbocycles. The molecule has 63 valence electrons. The fourth-order valence-electron chi connectivity index (χ4n) is 0.715. The molecule has 0 spiro atoms. The van der Waals surface area contributed by atoms with E-state index in [9.17, 15) is 8.42 Å². The summed E-state index contributed by atoms with van der Waals surface area (Å²) < 4.78 is 29.6. The Labute approximate surface area is 98.5 Å². The summed E-state index contributed by atoms with van der Waals surface area (Å²) in [5.74, 6) is 0. The van der Waals surface area contributed by atoms with Gasteiger partial charge in [-0.15, -0.1) is 0 Å². The zero-order chi connectivity index (χ0) is 8.48. The van der Waals surface area contributed by atoms with Crippen LogP contribution in [-0.4, -0.2) is 13.0 Å². The Morgan fingerprint density at radius 1 is 1.25 bits per heavy atom. The molecule has 0 saturated carbocycles. The maximum Gasteiger partial charge on any atom is 0.296 e. The van der Waals surface area contributed by atoms with Crippen molar-refractivity contribution in [1.82, 2.24) is 0 Å². The molecule has 0 amide bonds. The van der Waals surface area contributed by atoms with Crippen molar-refractivity contribution in [2.24, 2.45) is 0 Å². The van der Waals surface area contributed by atoms with Gasteiger partial charge >= 0.3 is 0 Å². The van der Waals surface area contributed by atoms with Gasteiger partial charge in [-0.2, -0.15) is 8.42 Å². The summed E-state index contributed by atoms with van der Waals surface area (Å²) >= 11 is 0. The van der Waals surface area contributed by atoms with E-state index in [0.29, 0.717) is 0 Å². The van der Waals surface area contributed by atoms with Gasteiger partial charge in [0.15, 0.2) is 0 Å². The summed E-state index contributed by atoms with van der Waals surface area (Å²) in [5.41, 5.74) is 5.32. The average molecular weight is 312 g/mol. The minimum atomic E-state index is -4.16. The maximum atomic E-state index is 10.5. The molecule has 0 saturated heterocycles. The molecule has 0 atom stereocenters. The summed E-state index contributed by atoms with van der Waals surface area (Å²) in [5, 5.41) is 0. The summed E-state index contributed by atoms with van der Waals surface area (Å²) in [6.45, 7) is 0. The van der Waals surface area contributed by atoms with Crippen molar-refractivity contribution in [3.05, 3.63) is 24.3 Å². The van der Waals surface area contributed by atoms with Crippen molar-refractivity contribution in [3.63, 3.8) is 0 Å². The quantitative estimate of drug-likeness (QED) is 0.585. The molecule has 0 unspecified atom stereocenters. The van der Waals surface area contributed by atoms with Crippen LogP contribution in [0.1, 0.15) is 0 Å². The second-order valence-corrected chi connectivity index (χ2v) is 3.40. The molecular formula is C6H7LaNO3S. The Morgan fingerprint density at radius 3 is 2.08 bits per heavy atom. The Hall–Kier alpha value is 0.125. The van der Waals surface area contributed by atoms with Crippen LogP contribution >= 0.6 is 0 Å². The van der Waals surface area contributed by atoms with Crippen LogP contribution in [0, 0.1) is 35.6 Å². The molecule has 1 aromatic carbocycles. The summed E-state index contributed by atoms with van der Waals surface area (Å²) in [7, 11) is -4.16. The van der Waals surface area contributed by atoms with E-state index in [1.54, 1.807) is 6.07 Å². The molecule has 1 radical (unpaired) electrons. The average Bonchev–Trinajstić information content (AvgIpc) is 1.86. The van der Waals surface area contributed by atoms with E-state index in [1.165, 1.54) is 18.2 Å². The van der Waals surface area contributed by atoms with Gasteiger partial charge in [0.2, 0.25) is 0 Å². The van der Waals surface area contributed by atoms with Gasteiger partial charge in [0, 0.05) is 35.6 Å². The van der Waals surface area contributed by atoms with Gasteiger partial charge in [0.25, 0.3) is 10.1 Å². The molecule has 1 aromatic rings. The zero-order valence-electron chi connectivity index (χ0n) is 6.14. The fraction of sp³-hybridized carbons (Fsp3) is 0. The second-order valence-electron chi connectivity index (χ2n) is 2.01. The van der Waals surface area contributed by atoms with Crippen LogP contribution in [-0.2, 0) is 10.1 Å². The van der Waals surface area contributed by atoms with Crippen molar-refractivity contribution in [1.29, 1.82) is 0 Å². The Balaban J connectivity index is 0.00000121. The molecule has 0 aliphatic heterocycles. The third kappa shape index (κ3) is 2.87. The summed E-state index contributed by atoms with van der Waals surface area (Å²) in [6.07, 6.45) is 0. The van der Waals surface area contributed by atoms with Gasteiger partial charge in [-0.25, -0.2) is 0 Å². The minimum Gasteiger partial charge on any atom is -0.398 e. The number of anilines is 1. The number of hydrogen-bond acceptors (Lipinski definition) is 3. The van der Waals surface area contributed by atoms with E-state index in [-0.39, 0.29) is 46.2 Å². The minimum absolute atomic E-state index is 0. The predicted molar refractivity (Wildman–Crippen MR) is 40.7 cm³/mol. The summed E-state index contributed by atoms with van der Waals surface area (Å²) in [6, 6.07) is 5.72. The molecule has 0 aliphatic rings. The number of nitrogens with two attached hydrogens (primary N) is 1. The van der Waals surface area contributed by atoms with E-state index >= 15 is 0 Å². The van der Waals surface area contributed by atoms with Crippen LogP contribution in [0.25, 0.3) is 0 Å². The van der Waals surface area contributed by atoms with E-state index in [2.05, 4.69) is 0 Å². The molecule has 6 heteroatoms. The molecular weight excluding hydrogens is 305 g/mol. The van der Waals surface area contributed by atoms with Gasteiger partial charge in [0.1, 0.15) is 4.90 Å². The zero-order valence-corrected chi connectivity index (χ0v) is 10.6. The van der Waals surface area contributed by atoms with Crippen LogP contribution in [0.3, 0.4) is 0 Å². The molecule has 3 N–H and O–H groups in total.